The number of ether oxygens (including phenoxy) is 2. The van der Waals surface area contributed by atoms with Crippen LogP contribution >= 0.6 is 0 Å². The molecule has 1 amide bonds. The van der Waals surface area contributed by atoms with E-state index >= 15 is 0 Å². The molecule has 0 unspecified atom stereocenters. The zero-order valence-corrected chi connectivity index (χ0v) is 8.78. The Morgan fingerprint density at radius 1 is 1.43 bits per heavy atom. The van der Waals surface area contributed by atoms with Gasteiger partial charge in [-0.2, -0.15) is 0 Å². The molecule has 0 saturated heterocycles. The average Bonchev–Trinajstić information content (AvgIpc) is 2.13. The largest absolute Gasteiger partial charge is 0.447 e. The maximum atomic E-state index is 10.8. The van der Waals surface area contributed by atoms with Gasteiger partial charge in [0.2, 0.25) is 0 Å². The van der Waals surface area contributed by atoms with Gasteiger partial charge in [0.1, 0.15) is 6.61 Å². The number of alkyl carbamates (subject to hydrolysis) is 1. The molecule has 0 fully saturated rings. The molecule has 0 saturated carbocycles. The number of amides is 1. The maximum absolute atomic E-state index is 10.8. The third-order valence-corrected chi connectivity index (χ3v) is 1.37. The summed E-state index contributed by atoms with van der Waals surface area (Å²) in [5.41, 5.74) is 0. The fourth-order valence-electron chi connectivity index (χ4n) is 0.771. The van der Waals surface area contributed by atoms with Crippen LogP contribution in [0.1, 0.15) is 20.3 Å². The van der Waals surface area contributed by atoms with E-state index in [1.165, 1.54) is 0 Å². The second-order valence-electron chi connectivity index (χ2n) is 3.06. The van der Waals surface area contributed by atoms with Crippen molar-refractivity contribution < 1.29 is 19.4 Å². The van der Waals surface area contributed by atoms with Crippen molar-refractivity contribution in [2.24, 2.45) is 0 Å². The molecular formula is C9H19NO4. The molecule has 2 N–H and O–H groups in total. The van der Waals surface area contributed by atoms with Crippen LogP contribution in [0.4, 0.5) is 4.79 Å². The third kappa shape index (κ3) is 9.28. The number of hydrogen-bond donors (Lipinski definition) is 2. The molecule has 5 heteroatoms. The van der Waals surface area contributed by atoms with Gasteiger partial charge in [-0.05, 0) is 20.3 Å². The van der Waals surface area contributed by atoms with Crippen molar-refractivity contribution in [3.8, 4) is 0 Å². The molecule has 0 heterocycles. The predicted octanol–water partition coefficient (Wildman–Crippen LogP) is 0.520. The van der Waals surface area contributed by atoms with Crippen molar-refractivity contribution in [3.63, 3.8) is 0 Å². The monoisotopic (exact) mass is 205 g/mol. The summed E-state index contributed by atoms with van der Waals surface area (Å²) in [6, 6.07) is 0. The quantitative estimate of drug-likeness (QED) is 0.595. The van der Waals surface area contributed by atoms with Gasteiger partial charge in [0.15, 0.2) is 0 Å². The number of carbonyl (C=O) groups is 1. The SMILES string of the molecule is CC(C)OCCCNC(=O)OCCO. The van der Waals surface area contributed by atoms with Gasteiger partial charge in [-0.15, -0.1) is 0 Å². The standard InChI is InChI=1S/C9H19NO4/c1-8(2)13-6-3-4-10-9(12)14-7-5-11/h8,11H,3-7H2,1-2H3,(H,10,12). The molecule has 0 aromatic heterocycles. The zero-order valence-electron chi connectivity index (χ0n) is 8.78. The first-order valence-electron chi connectivity index (χ1n) is 4.80. The number of aliphatic hydroxyl groups is 1. The van der Waals surface area contributed by atoms with Crippen LogP contribution in [-0.4, -0.2) is 43.7 Å². The van der Waals surface area contributed by atoms with E-state index in [2.05, 4.69) is 10.1 Å². The van der Waals surface area contributed by atoms with Crippen molar-refractivity contribution in [3.05, 3.63) is 0 Å². The van der Waals surface area contributed by atoms with E-state index in [0.717, 1.165) is 6.42 Å². The highest BCUT2D eigenvalue weighted by Gasteiger charge is 1.99. The Hall–Kier alpha value is -0.810. The lowest BCUT2D eigenvalue weighted by Crippen LogP contribution is -2.27. The fourth-order valence-corrected chi connectivity index (χ4v) is 0.771. The van der Waals surface area contributed by atoms with E-state index in [-0.39, 0.29) is 19.3 Å². The molecule has 0 aliphatic carbocycles. The van der Waals surface area contributed by atoms with Crippen LogP contribution in [0.5, 0.6) is 0 Å². The maximum Gasteiger partial charge on any atom is 0.407 e. The molecule has 14 heavy (non-hydrogen) atoms. The molecule has 0 aliphatic heterocycles. The smallest absolute Gasteiger partial charge is 0.407 e. The second-order valence-corrected chi connectivity index (χ2v) is 3.06. The summed E-state index contributed by atoms with van der Waals surface area (Å²) in [5, 5.41) is 10.9. The van der Waals surface area contributed by atoms with Gasteiger partial charge >= 0.3 is 6.09 Å². The lowest BCUT2D eigenvalue weighted by molar-refractivity contribution is 0.0760. The first-order chi connectivity index (χ1) is 6.66. The van der Waals surface area contributed by atoms with Gasteiger partial charge in [0.25, 0.3) is 0 Å². The van der Waals surface area contributed by atoms with Crippen molar-refractivity contribution in [1.82, 2.24) is 5.32 Å². The lowest BCUT2D eigenvalue weighted by atomic mass is 10.4. The molecule has 0 rings (SSSR count). The van der Waals surface area contributed by atoms with Gasteiger partial charge in [0, 0.05) is 13.2 Å². The Bertz CT molecular complexity index is 150. The summed E-state index contributed by atoms with van der Waals surface area (Å²) in [6.07, 6.45) is 0.479. The van der Waals surface area contributed by atoms with Gasteiger partial charge in [-0.25, -0.2) is 4.79 Å². The second kappa shape index (κ2) is 8.77. The van der Waals surface area contributed by atoms with Crippen LogP contribution in [-0.2, 0) is 9.47 Å². The molecule has 0 aromatic rings. The minimum Gasteiger partial charge on any atom is -0.447 e. The topological polar surface area (TPSA) is 67.8 Å². The predicted molar refractivity (Wildman–Crippen MR) is 52.1 cm³/mol. The van der Waals surface area contributed by atoms with E-state index in [1.54, 1.807) is 0 Å². The summed E-state index contributed by atoms with van der Waals surface area (Å²) in [4.78, 5) is 10.8. The number of rotatable bonds is 7. The zero-order chi connectivity index (χ0) is 10.8. The Morgan fingerprint density at radius 2 is 2.14 bits per heavy atom. The first kappa shape index (κ1) is 13.2. The molecule has 0 aliphatic rings. The normalized spacial score (nSPS) is 10.3. The van der Waals surface area contributed by atoms with Crippen molar-refractivity contribution in [2.45, 2.75) is 26.4 Å². The number of aliphatic hydroxyl groups excluding tert-OH is 1. The van der Waals surface area contributed by atoms with Crippen molar-refractivity contribution in [1.29, 1.82) is 0 Å². The molecule has 84 valence electrons. The minimum absolute atomic E-state index is 0.0360. The summed E-state index contributed by atoms with van der Waals surface area (Å²) < 4.78 is 9.85. The molecule has 0 atom stereocenters. The molecular weight excluding hydrogens is 186 g/mol. The fraction of sp³-hybridized carbons (Fsp3) is 0.889. The van der Waals surface area contributed by atoms with E-state index in [4.69, 9.17) is 9.84 Å². The van der Waals surface area contributed by atoms with E-state index in [0.29, 0.717) is 13.2 Å². The van der Waals surface area contributed by atoms with Crippen LogP contribution < -0.4 is 5.32 Å². The van der Waals surface area contributed by atoms with Gasteiger partial charge in [-0.1, -0.05) is 0 Å². The summed E-state index contributed by atoms with van der Waals surface area (Å²) in [7, 11) is 0. The Labute approximate surface area is 84.4 Å². The first-order valence-corrected chi connectivity index (χ1v) is 4.80. The summed E-state index contributed by atoms with van der Waals surface area (Å²) in [5.74, 6) is 0. The lowest BCUT2D eigenvalue weighted by Gasteiger charge is -2.08. The van der Waals surface area contributed by atoms with Crippen molar-refractivity contribution >= 4 is 6.09 Å². The molecule has 5 nitrogen and oxygen atoms in total. The highest BCUT2D eigenvalue weighted by molar-refractivity contribution is 5.66. The highest BCUT2D eigenvalue weighted by atomic mass is 16.6. The molecule has 0 bridgehead atoms. The van der Waals surface area contributed by atoms with Gasteiger partial charge < -0.3 is 19.9 Å². The van der Waals surface area contributed by atoms with Crippen LogP contribution in [0.15, 0.2) is 0 Å². The van der Waals surface area contributed by atoms with Crippen LogP contribution in [0, 0.1) is 0 Å². The Kier molecular flexibility index (Phi) is 8.27. The summed E-state index contributed by atoms with van der Waals surface area (Å²) >= 11 is 0. The van der Waals surface area contributed by atoms with E-state index in [1.807, 2.05) is 13.8 Å². The van der Waals surface area contributed by atoms with Crippen LogP contribution in [0.3, 0.4) is 0 Å². The van der Waals surface area contributed by atoms with Crippen LogP contribution in [0.25, 0.3) is 0 Å². The molecule has 0 aromatic carbocycles. The average molecular weight is 205 g/mol. The molecule has 0 spiro atoms. The van der Waals surface area contributed by atoms with E-state index < -0.39 is 6.09 Å². The highest BCUT2D eigenvalue weighted by Crippen LogP contribution is 1.89. The minimum atomic E-state index is -0.497. The Balaban J connectivity index is 3.15. The third-order valence-electron chi connectivity index (χ3n) is 1.37. The van der Waals surface area contributed by atoms with Crippen molar-refractivity contribution in [2.75, 3.05) is 26.4 Å². The van der Waals surface area contributed by atoms with E-state index in [9.17, 15) is 4.79 Å². The van der Waals surface area contributed by atoms with Gasteiger partial charge in [-0.3, -0.25) is 0 Å². The van der Waals surface area contributed by atoms with Gasteiger partial charge in [0.05, 0.1) is 12.7 Å². The van der Waals surface area contributed by atoms with Crippen LogP contribution in [0.2, 0.25) is 0 Å². The summed E-state index contributed by atoms with van der Waals surface area (Å²) in [6.45, 7) is 4.96. The number of carbonyl (C=O) groups excluding carboxylic acids is 1. The number of nitrogens with one attached hydrogen (secondary N) is 1. The Morgan fingerprint density at radius 3 is 2.71 bits per heavy atom. The number of hydrogen-bond acceptors (Lipinski definition) is 4. The molecule has 0 radical (unpaired) electrons.